The minimum atomic E-state index is -0.329. The van der Waals surface area contributed by atoms with Crippen LogP contribution in [-0.2, 0) is 10.2 Å². The summed E-state index contributed by atoms with van der Waals surface area (Å²) < 4.78 is 0. The van der Waals surface area contributed by atoms with Gasteiger partial charge < -0.3 is 9.80 Å². The highest BCUT2D eigenvalue weighted by Crippen LogP contribution is 2.42. The number of amides is 1. The van der Waals surface area contributed by atoms with Crippen LogP contribution in [0.2, 0.25) is 5.02 Å². The summed E-state index contributed by atoms with van der Waals surface area (Å²) in [7, 11) is 1.97. The third kappa shape index (κ3) is 3.56. The van der Waals surface area contributed by atoms with Gasteiger partial charge >= 0.3 is 0 Å². The lowest BCUT2D eigenvalue weighted by Gasteiger charge is -2.33. The Bertz CT molecular complexity index is 531. The van der Waals surface area contributed by atoms with Crippen molar-refractivity contribution in [3.63, 3.8) is 0 Å². The molecule has 1 aromatic rings. The maximum absolute atomic E-state index is 13.2. The van der Waals surface area contributed by atoms with E-state index in [1.807, 2.05) is 36.2 Å². The Hall–Kier alpha value is -1.06. The van der Waals surface area contributed by atoms with Crippen molar-refractivity contribution in [1.29, 1.82) is 0 Å². The molecule has 3 rings (SSSR count). The molecule has 0 N–H and O–H groups in total. The van der Waals surface area contributed by atoms with Crippen LogP contribution in [-0.4, -0.2) is 48.9 Å². The van der Waals surface area contributed by atoms with E-state index >= 15 is 0 Å². The molecule has 2 aliphatic rings. The lowest BCUT2D eigenvalue weighted by atomic mass is 9.77. The van der Waals surface area contributed by atoms with Gasteiger partial charge in [-0.15, -0.1) is 0 Å². The third-order valence-corrected chi connectivity index (χ3v) is 5.81. The number of benzene rings is 1. The monoisotopic (exact) mass is 334 g/mol. The van der Waals surface area contributed by atoms with Crippen LogP contribution in [0.4, 0.5) is 0 Å². The molecular weight excluding hydrogens is 308 g/mol. The second-order valence-corrected chi connectivity index (χ2v) is 7.51. The number of carbonyl (C=O) groups is 1. The number of hydrogen-bond acceptors (Lipinski definition) is 2. The van der Waals surface area contributed by atoms with Crippen molar-refractivity contribution in [3.8, 4) is 0 Å². The molecule has 1 aliphatic heterocycles. The van der Waals surface area contributed by atoms with Gasteiger partial charge in [-0.3, -0.25) is 4.79 Å². The van der Waals surface area contributed by atoms with Crippen LogP contribution in [0.5, 0.6) is 0 Å². The molecule has 0 radical (unpaired) electrons. The summed E-state index contributed by atoms with van der Waals surface area (Å²) in [5, 5.41) is 0.733. The molecule has 1 heterocycles. The summed E-state index contributed by atoms with van der Waals surface area (Å²) in [6.07, 6.45) is 6.78. The molecule has 4 heteroatoms. The van der Waals surface area contributed by atoms with E-state index in [1.165, 1.54) is 25.9 Å². The Morgan fingerprint density at radius 3 is 2.35 bits per heavy atom. The lowest BCUT2D eigenvalue weighted by molar-refractivity contribution is -0.136. The minimum absolute atomic E-state index is 0.288. The van der Waals surface area contributed by atoms with Gasteiger partial charge in [0.2, 0.25) is 5.91 Å². The maximum Gasteiger partial charge on any atom is 0.233 e. The number of likely N-dealkylation sites (tertiary alicyclic amines) is 1. The SMILES string of the molecule is CN(CCN1CCCC1)C(=O)C1(c2ccc(Cl)cc2)CCCC1. The van der Waals surface area contributed by atoms with Gasteiger partial charge in [0, 0.05) is 25.2 Å². The van der Waals surface area contributed by atoms with E-state index in [-0.39, 0.29) is 11.3 Å². The van der Waals surface area contributed by atoms with E-state index in [1.54, 1.807) is 0 Å². The molecule has 23 heavy (non-hydrogen) atoms. The first kappa shape index (κ1) is 16.8. The zero-order valence-electron chi connectivity index (χ0n) is 14.1. The van der Waals surface area contributed by atoms with Crippen LogP contribution in [0.25, 0.3) is 0 Å². The molecule has 0 aromatic heterocycles. The molecule has 0 spiro atoms. The standard InChI is InChI=1S/C19H27ClN2O/c1-21(14-15-22-12-4-5-13-22)18(23)19(10-2-3-11-19)16-6-8-17(20)9-7-16/h6-9H,2-5,10-15H2,1H3. The molecular formula is C19H27ClN2O. The van der Waals surface area contributed by atoms with Gasteiger partial charge in [-0.25, -0.2) is 0 Å². The smallest absolute Gasteiger partial charge is 0.233 e. The average molecular weight is 335 g/mol. The van der Waals surface area contributed by atoms with Crippen LogP contribution in [0.15, 0.2) is 24.3 Å². The normalized spacial score (nSPS) is 20.8. The third-order valence-electron chi connectivity index (χ3n) is 5.56. The summed E-state index contributed by atoms with van der Waals surface area (Å²) in [6.45, 7) is 4.20. The average Bonchev–Trinajstić information content (AvgIpc) is 3.24. The predicted octanol–water partition coefficient (Wildman–Crippen LogP) is 3.71. The second-order valence-electron chi connectivity index (χ2n) is 7.07. The first-order chi connectivity index (χ1) is 11.1. The summed E-state index contributed by atoms with van der Waals surface area (Å²) in [5.74, 6) is 0.288. The predicted molar refractivity (Wildman–Crippen MR) is 94.9 cm³/mol. The van der Waals surface area contributed by atoms with Crippen LogP contribution in [0, 0.1) is 0 Å². The van der Waals surface area contributed by atoms with Crippen molar-refractivity contribution in [3.05, 3.63) is 34.9 Å². The van der Waals surface area contributed by atoms with Crippen LogP contribution in [0.3, 0.4) is 0 Å². The highest BCUT2D eigenvalue weighted by Gasteiger charge is 2.44. The van der Waals surface area contributed by atoms with E-state index in [2.05, 4.69) is 4.90 Å². The van der Waals surface area contributed by atoms with Gasteiger partial charge in [-0.2, -0.15) is 0 Å². The van der Waals surface area contributed by atoms with E-state index in [0.717, 1.165) is 49.4 Å². The molecule has 1 aromatic carbocycles. The number of nitrogens with zero attached hydrogens (tertiary/aromatic N) is 2. The molecule has 1 amide bonds. The van der Waals surface area contributed by atoms with Gasteiger partial charge in [-0.05, 0) is 56.5 Å². The number of halogens is 1. The number of likely N-dealkylation sites (N-methyl/N-ethyl adjacent to an activating group) is 1. The van der Waals surface area contributed by atoms with E-state index in [9.17, 15) is 4.79 Å². The highest BCUT2D eigenvalue weighted by molar-refractivity contribution is 6.30. The summed E-state index contributed by atoms with van der Waals surface area (Å²) >= 11 is 6.03. The first-order valence-electron chi connectivity index (χ1n) is 8.86. The fraction of sp³-hybridized carbons (Fsp3) is 0.632. The van der Waals surface area contributed by atoms with Crippen molar-refractivity contribution in [1.82, 2.24) is 9.80 Å². The Balaban J connectivity index is 1.71. The molecule has 0 atom stereocenters. The van der Waals surface area contributed by atoms with Gasteiger partial charge in [0.15, 0.2) is 0 Å². The van der Waals surface area contributed by atoms with Crippen LogP contribution < -0.4 is 0 Å². The second kappa shape index (κ2) is 7.23. The fourth-order valence-corrected chi connectivity index (χ4v) is 4.26. The van der Waals surface area contributed by atoms with E-state index in [4.69, 9.17) is 11.6 Å². The Morgan fingerprint density at radius 1 is 1.13 bits per heavy atom. The van der Waals surface area contributed by atoms with E-state index < -0.39 is 0 Å². The van der Waals surface area contributed by atoms with Crippen molar-refractivity contribution in [2.45, 2.75) is 43.9 Å². The molecule has 1 saturated carbocycles. The fourth-order valence-electron chi connectivity index (χ4n) is 4.14. The minimum Gasteiger partial charge on any atom is -0.344 e. The highest BCUT2D eigenvalue weighted by atomic mass is 35.5. The Kier molecular flexibility index (Phi) is 5.27. The largest absolute Gasteiger partial charge is 0.344 e. The number of hydrogen-bond donors (Lipinski definition) is 0. The van der Waals surface area contributed by atoms with Crippen molar-refractivity contribution in [2.24, 2.45) is 0 Å². The summed E-state index contributed by atoms with van der Waals surface area (Å²) in [5.41, 5.74) is 0.807. The van der Waals surface area contributed by atoms with Gasteiger partial charge in [0.25, 0.3) is 0 Å². The zero-order valence-corrected chi connectivity index (χ0v) is 14.8. The molecule has 0 unspecified atom stereocenters. The topological polar surface area (TPSA) is 23.6 Å². The molecule has 3 nitrogen and oxygen atoms in total. The van der Waals surface area contributed by atoms with Crippen molar-refractivity contribution >= 4 is 17.5 Å². The number of rotatable bonds is 5. The molecule has 0 bridgehead atoms. The molecule has 126 valence electrons. The summed E-state index contributed by atoms with van der Waals surface area (Å²) in [4.78, 5) is 17.7. The summed E-state index contributed by atoms with van der Waals surface area (Å²) in [6, 6.07) is 7.91. The molecule has 2 fully saturated rings. The lowest BCUT2D eigenvalue weighted by Crippen LogP contribution is -2.46. The first-order valence-corrected chi connectivity index (χ1v) is 9.24. The van der Waals surface area contributed by atoms with Crippen molar-refractivity contribution < 1.29 is 4.79 Å². The Labute approximate surface area is 144 Å². The quantitative estimate of drug-likeness (QED) is 0.819. The molecule has 1 saturated heterocycles. The maximum atomic E-state index is 13.2. The van der Waals surface area contributed by atoms with Crippen LogP contribution in [0.1, 0.15) is 44.1 Å². The zero-order chi connectivity index (χ0) is 16.3. The van der Waals surface area contributed by atoms with Gasteiger partial charge in [-0.1, -0.05) is 36.6 Å². The Morgan fingerprint density at radius 2 is 1.74 bits per heavy atom. The van der Waals surface area contributed by atoms with Crippen LogP contribution >= 0.6 is 11.6 Å². The number of carbonyl (C=O) groups excluding carboxylic acids is 1. The van der Waals surface area contributed by atoms with Gasteiger partial charge in [0.05, 0.1) is 5.41 Å². The van der Waals surface area contributed by atoms with Gasteiger partial charge in [0.1, 0.15) is 0 Å². The molecule has 1 aliphatic carbocycles. The van der Waals surface area contributed by atoms with Crippen molar-refractivity contribution in [2.75, 3.05) is 33.2 Å². The van der Waals surface area contributed by atoms with E-state index in [0.29, 0.717) is 0 Å².